The van der Waals surface area contributed by atoms with Gasteiger partial charge in [-0.1, -0.05) is 49.8 Å². The van der Waals surface area contributed by atoms with E-state index >= 15 is 0 Å². The maximum atomic E-state index is 12.2. The number of unbranched alkanes of at least 4 members (excludes halogenated alkanes) is 4. The summed E-state index contributed by atoms with van der Waals surface area (Å²) in [6, 6.07) is 9.52. The standard InChI is InChI=1S/C16H23NO2S/c1-4-5-6-7-8-9-14-17(3)20(18,19)16-12-10-15(2)11-13-16/h10-13H,4-8H2,1-3H3. The van der Waals surface area contributed by atoms with Crippen LogP contribution < -0.4 is 0 Å². The molecule has 0 saturated carbocycles. The predicted octanol–water partition coefficient (Wildman–Crippen LogP) is 3.55. The van der Waals surface area contributed by atoms with Crippen LogP contribution in [0.15, 0.2) is 29.2 Å². The fourth-order valence-corrected chi connectivity index (χ4v) is 2.72. The molecule has 0 aliphatic rings. The molecule has 0 amide bonds. The lowest BCUT2D eigenvalue weighted by molar-refractivity contribution is 0.546. The normalized spacial score (nSPS) is 10.8. The zero-order valence-electron chi connectivity index (χ0n) is 12.5. The Labute approximate surface area is 123 Å². The van der Waals surface area contributed by atoms with Crippen molar-refractivity contribution >= 4 is 10.0 Å². The Balaban J connectivity index is 2.64. The number of aryl methyl sites for hydroxylation is 1. The molecule has 1 rings (SSSR count). The zero-order valence-corrected chi connectivity index (χ0v) is 13.3. The van der Waals surface area contributed by atoms with Gasteiger partial charge in [0.1, 0.15) is 0 Å². The topological polar surface area (TPSA) is 37.4 Å². The molecule has 0 bridgehead atoms. The summed E-state index contributed by atoms with van der Waals surface area (Å²) in [6.45, 7) is 4.09. The third-order valence-corrected chi connectivity index (χ3v) is 4.75. The van der Waals surface area contributed by atoms with Gasteiger partial charge in [0.25, 0.3) is 10.0 Å². The van der Waals surface area contributed by atoms with E-state index < -0.39 is 10.0 Å². The third kappa shape index (κ3) is 4.90. The highest BCUT2D eigenvalue weighted by Crippen LogP contribution is 2.14. The molecule has 0 radical (unpaired) electrons. The smallest absolute Gasteiger partial charge is 0.228 e. The molecule has 1 aromatic rings. The summed E-state index contributed by atoms with van der Waals surface area (Å²) in [5, 5.41) is 0. The van der Waals surface area contributed by atoms with E-state index in [4.69, 9.17) is 0 Å². The van der Waals surface area contributed by atoms with Crippen molar-refractivity contribution in [1.82, 2.24) is 4.31 Å². The average molecular weight is 293 g/mol. The fourth-order valence-electron chi connectivity index (χ4n) is 1.74. The van der Waals surface area contributed by atoms with Crippen LogP contribution in [0.2, 0.25) is 0 Å². The van der Waals surface area contributed by atoms with Gasteiger partial charge in [0.15, 0.2) is 0 Å². The minimum atomic E-state index is -3.49. The molecule has 0 spiro atoms. The van der Waals surface area contributed by atoms with Gasteiger partial charge in [0, 0.05) is 19.5 Å². The van der Waals surface area contributed by atoms with Crippen molar-refractivity contribution in [2.45, 2.75) is 50.8 Å². The molecule has 0 N–H and O–H groups in total. The van der Waals surface area contributed by atoms with Crippen molar-refractivity contribution in [3.8, 4) is 12.0 Å². The summed E-state index contributed by atoms with van der Waals surface area (Å²) >= 11 is 0. The number of hydrogen-bond donors (Lipinski definition) is 0. The molecule has 0 aliphatic heterocycles. The molecule has 4 heteroatoms. The van der Waals surface area contributed by atoms with Gasteiger partial charge in [0.2, 0.25) is 0 Å². The van der Waals surface area contributed by atoms with Crippen molar-refractivity contribution in [2.24, 2.45) is 0 Å². The van der Waals surface area contributed by atoms with Crippen LogP contribution >= 0.6 is 0 Å². The van der Waals surface area contributed by atoms with Gasteiger partial charge >= 0.3 is 0 Å². The molecule has 110 valence electrons. The first kappa shape index (κ1) is 16.6. The van der Waals surface area contributed by atoms with E-state index in [0.717, 1.165) is 29.1 Å². The molecular formula is C16H23NO2S. The first-order valence-electron chi connectivity index (χ1n) is 7.02. The van der Waals surface area contributed by atoms with E-state index in [1.165, 1.54) is 19.9 Å². The Morgan fingerprint density at radius 3 is 2.35 bits per heavy atom. The Morgan fingerprint density at radius 1 is 1.10 bits per heavy atom. The van der Waals surface area contributed by atoms with Gasteiger partial charge in [-0.3, -0.25) is 0 Å². The minimum Gasteiger partial charge on any atom is -0.228 e. The molecule has 1 aromatic carbocycles. The third-order valence-electron chi connectivity index (χ3n) is 3.07. The highest BCUT2D eigenvalue weighted by molar-refractivity contribution is 7.89. The van der Waals surface area contributed by atoms with Gasteiger partial charge in [-0.25, -0.2) is 12.7 Å². The number of sulfonamides is 1. The average Bonchev–Trinajstić information content (AvgIpc) is 2.43. The molecule has 20 heavy (non-hydrogen) atoms. The SMILES string of the molecule is CCCCCCC#CN(C)S(=O)(=O)c1ccc(C)cc1. The van der Waals surface area contributed by atoms with Gasteiger partial charge in [0.05, 0.1) is 4.90 Å². The summed E-state index contributed by atoms with van der Waals surface area (Å²) in [6.07, 6.45) is 5.32. The van der Waals surface area contributed by atoms with E-state index in [9.17, 15) is 8.42 Å². The van der Waals surface area contributed by atoms with Crippen LogP contribution in [0.25, 0.3) is 0 Å². The van der Waals surface area contributed by atoms with Crippen molar-refractivity contribution in [1.29, 1.82) is 0 Å². The van der Waals surface area contributed by atoms with Crippen molar-refractivity contribution in [2.75, 3.05) is 7.05 Å². The Hall–Kier alpha value is -1.47. The van der Waals surface area contributed by atoms with Crippen LogP contribution in [0, 0.1) is 18.9 Å². The van der Waals surface area contributed by atoms with Crippen LogP contribution in [-0.4, -0.2) is 19.8 Å². The first-order chi connectivity index (χ1) is 9.48. The van der Waals surface area contributed by atoms with Gasteiger partial charge < -0.3 is 0 Å². The van der Waals surface area contributed by atoms with Crippen LogP contribution in [0.3, 0.4) is 0 Å². The lowest BCUT2D eigenvalue weighted by Gasteiger charge is -2.12. The molecule has 0 saturated heterocycles. The van der Waals surface area contributed by atoms with Crippen LogP contribution in [0.4, 0.5) is 0 Å². The second-order valence-corrected chi connectivity index (χ2v) is 6.85. The monoisotopic (exact) mass is 293 g/mol. The molecule has 0 fully saturated rings. The van der Waals surface area contributed by atoms with Gasteiger partial charge in [-0.2, -0.15) is 0 Å². The molecule has 0 aromatic heterocycles. The molecule has 0 unspecified atom stereocenters. The van der Waals surface area contributed by atoms with Gasteiger partial charge in [-0.15, -0.1) is 0 Å². The number of benzene rings is 1. The van der Waals surface area contributed by atoms with E-state index in [2.05, 4.69) is 18.9 Å². The molecule has 0 aliphatic carbocycles. The second-order valence-electron chi connectivity index (χ2n) is 4.88. The van der Waals surface area contributed by atoms with E-state index in [1.807, 2.05) is 6.92 Å². The number of rotatable bonds is 6. The fraction of sp³-hybridized carbons (Fsp3) is 0.500. The second kappa shape index (κ2) is 7.96. The Bertz CT molecular complexity index is 565. The molecule has 0 atom stereocenters. The van der Waals surface area contributed by atoms with E-state index in [1.54, 1.807) is 24.3 Å². The maximum Gasteiger partial charge on any atom is 0.270 e. The highest BCUT2D eigenvalue weighted by Gasteiger charge is 2.17. The van der Waals surface area contributed by atoms with Crippen LogP contribution in [-0.2, 0) is 10.0 Å². The first-order valence-corrected chi connectivity index (χ1v) is 8.46. The molecule has 0 heterocycles. The quantitative estimate of drug-likeness (QED) is 0.457. The summed E-state index contributed by atoms with van der Waals surface area (Å²) in [5.41, 5.74) is 1.04. The maximum absolute atomic E-state index is 12.2. The number of hydrogen-bond acceptors (Lipinski definition) is 2. The molecular weight excluding hydrogens is 270 g/mol. The van der Waals surface area contributed by atoms with E-state index in [0.29, 0.717) is 0 Å². The zero-order chi connectivity index (χ0) is 15.0. The Morgan fingerprint density at radius 2 is 1.75 bits per heavy atom. The van der Waals surface area contributed by atoms with Crippen molar-refractivity contribution < 1.29 is 8.42 Å². The van der Waals surface area contributed by atoms with Crippen LogP contribution in [0.5, 0.6) is 0 Å². The summed E-state index contributed by atoms with van der Waals surface area (Å²) in [7, 11) is -2.00. The van der Waals surface area contributed by atoms with Crippen molar-refractivity contribution in [3.05, 3.63) is 29.8 Å². The lowest BCUT2D eigenvalue weighted by atomic mass is 10.2. The highest BCUT2D eigenvalue weighted by atomic mass is 32.2. The summed E-state index contributed by atoms with van der Waals surface area (Å²) < 4.78 is 25.6. The largest absolute Gasteiger partial charge is 0.270 e. The van der Waals surface area contributed by atoms with Gasteiger partial charge in [-0.05, 0) is 25.5 Å². The minimum absolute atomic E-state index is 0.283. The molecule has 3 nitrogen and oxygen atoms in total. The van der Waals surface area contributed by atoms with Crippen LogP contribution in [0.1, 0.15) is 44.6 Å². The number of nitrogens with zero attached hydrogens (tertiary/aromatic N) is 1. The summed E-state index contributed by atoms with van der Waals surface area (Å²) in [5.74, 6) is 2.93. The lowest BCUT2D eigenvalue weighted by Crippen LogP contribution is -2.21. The Kier molecular flexibility index (Phi) is 6.60. The van der Waals surface area contributed by atoms with Crippen molar-refractivity contribution in [3.63, 3.8) is 0 Å². The predicted molar refractivity (Wildman–Crippen MR) is 82.7 cm³/mol. The summed E-state index contributed by atoms with van der Waals surface area (Å²) in [4.78, 5) is 0.283. The van der Waals surface area contributed by atoms with E-state index in [-0.39, 0.29) is 4.90 Å².